The van der Waals surface area contributed by atoms with Crippen molar-refractivity contribution in [2.75, 3.05) is 20.6 Å². The molecule has 0 radical (unpaired) electrons. The van der Waals surface area contributed by atoms with Gasteiger partial charge in [-0.3, -0.25) is 4.79 Å². The minimum atomic E-state index is -3.60. The fraction of sp³-hybridized carbons (Fsp3) is 0.375. The lowest BCUT2D eigenvalue weighted by atomic mass is 10.0. The summed E-state index contributed by atoms with van der Waals surface area (Å²) in [6, 6.07) is 12.7. The van der Waals surface area contributed by atoms with Crippen LogP contribution in [-0.4, -0.2) is 50.0 Å². The fourth-order valence-corrected chi connectivity index (χ4v) is 4.75. The number of fused-ring (bicyclic) bond motifs is 1. The Balaban J connectivity index is 1.43. The molecule has 2 heterocycles. The molecule has 180 valence electrons. The van der Waals surface area contributed by atoms with Crippen molar-refractivity contribution in [3.8, 4) is 11.5 Å². The van der Waals surface area contributed by atoms with E-state index in [0.717, 1.165) is 16.7 Å². The Labute approximate surface area is 199 Å². The third-order valence-corrected chi connectivity index (χ3v) is 7.49. The van der Waals surface area contributed by atoms with Crippen LogP contribution in [0.3, 0.4) is 0 Å². The van der Waals surface area contributed by atoms with E-state index in [1.807, 2.05) is 38.1 Å². The molecule has 0 bridgehead atoms. The average Bonchev–Trinajstić information content (AvgIpc) is 3.47. The zero-order valence-electron chi connectivity index (χ0n) is 19.6. The zero-order chi connectivity index (χ0) is 24.5. The number of amides is 1. The number of nitrogens with zero attached hydrogens (tertiary/aromatic N) is 3. The first kappa shape index (κ1) is 24.1. The van der Waals surface area contributed by atoms with Crippen LogP contribution in [0.25, 0.3) is 11.5 Å². The lowest BCUT2D eigenvalue weighted by molar-refractivity contribution is -0.133. The first-order valence-electron chi connectivity index (χ1n) is 11.0. The minimum absolute atomic E-state index is 0.0295. The van der Waals surface area contributed by atoms with Crippen molar-refractivity contribution >= 4 is 15.9 Å². The molecule has 34 heavy (non-hydrogen) atoms. The molecule has 0 fully saturated rings. The highest BCUT2D eigenvalue weighted by atomic mass is 32.2. The van der Waals surface area contributed by atoms with Crippen molar-refractivity contribution in [2.45, 2.75) is 43.8 Å². The second-order valence-electron chi connectivity index (χ2n) is 8.52. The highest BCUT2D eigenvalue weighted by Crippen LogP contribution is 2.33. The number of aromatic nitrogens is 2. The van der Waals surface area contributed by atoms with Gasteiger partial charge in [-0.1, -0.05) is 42.4 Å². The summed E-state index contributed by atoms with van der Waals surface area (Å²) >= 11 is 0. The second-order valence-corrected chi connectivity index (χ2v) is 10.4. The first-order valence-corrected chi connectivity index (χ1v) is 12.5. The van der Waals surface area contributed by atoms with Gasteiger partial charge in [-0.05, 0) is 42.8 Å². The van der Waals surface area contributed by atoms with Crippen LogP contribution < -0.4 is 4.72 Å². The molecule has 9 nitrogen and oxygen atoms in total. The van der Waals surface area contributed by atoms with Gasteiger partial charge in [0.15, 0.2) is 5.82 Å². The summed E-state index contributed by atoms with van der Waals surface area (Å²) in [6.45, 7) is 4.68. The van der Waals surface area contributed by atoms with E-state index >= 15 is 0 Å². The van der Waals surface area contributed by atoms with Crippen LogP contribution in [-0.2, 0) is 26.2 Å². The van der Waals surface area contributed by atoms with Gasteiger partial charge in [0, 0.05) is 25.1 Å². The van der Waals surface area contributed by atoms with E-state index < -0.39 is 10.0 Å². The zero-order valence-corrected chi connectivity index (χ0v) is 20.4. The van der Waals surface area contributed by atoms with E-state index in [9.17, 15) is 13.2 Å². The SMILES string of the molecule is CNS(=O)(=O)c1ccc(C)c(-c2nc(C(C)CN(C)C(=O)CC3OCc4ccccc43)no2)c1. The predicted molar refractivity (Wildman–Crippen MR) is 125 cm³/mol. The van der Waals surface area contributed by atoms with Crippen LogP contribution in [0.15, 0.2) is 51.9 Å². The van der Waals surface area contributed by atoms with Crippen LogP contribution in [0.2, 0.25) is 0 Å². The van der Waals surface area contributed by atoms with E-state index in [2.05, 4.69) is 14.9 Å². The molecule has 2 unspecified atom stereocenters. The molecule has 3 aromatic rings. The molecule has 0 saturated heterocycles. The number of hydrogen-bond donors (Lipinski definition) is 1. The standard InChI is InChI=1S/C24H28N4O5S/c1-15-9-10-18(34(30,31)25-3)11-20(15)24-26-23(27-33-24)16(2)13-28(4)22(29)12-21-19-8-6-5-7-17(19)14-32-21/h5-11,16,21,25H,12-14H2,1-4H3. The second kappa shape index (κ2) is 9.65. The predicted octanol–water partition coefficient (Wildman–Crippen LogP) is 3.18. The van der Waals surface area contributed by atoms with Gasteiger partial charge in [-0.25, -0.2) is 13.1 Å². The summed E-state index contributed by atoms with van der Waals surface area (Å²) in [5.41, 5.74) is 3.54. The fourth-order valence-electron chi connectivity index (χ4n) is 4.00. The molecule has 2 atom stereocenters. The first-order chi connectivity index (χ1) is 16.2. The molecule has 2 aromatic carbocycles. The third kappa shape index (κ3) is 4.89. The molecule has 1 aliphatic rings. The van der Waals surface area contributed by atoms with Gasteiger partial charge in [-0.2, -0.15) is 4.98 Å². The molecular weight excluding hydrogens is 456 g/mol. The summed E-state index contributed by atoms with van der Waals surface area (Å²) in [5, 5.41) is 4.08. The molecule has 0 spiro atoms. The Hall–Kier alpha value is -3.08. The van der Waals surface area contributed by atoms with E-state index in [1.165, 1.54) is 19.2 Å². The van der Waals surface area contributed by atoms with Crippen LogP contribution in [0, 0.1) is 6.92 Å². The molecule has 10 heteroatoms. The van der Waals surface area contributed by atoms with Crippen molar-refractivity contribution in [3.63, 3.8) is 0 Å². The Morgan fingerprint density at radius 1 is 1.26 bits per heavy atom. The van der Waals surface area contributed by atoms with Gasteiger partial charge in [0.25, 0.3) is 5.89 Å². The number of nitrogens with one attached hydrogen (secondary N) is 1. The van der Waals surface area contributed by atoms with Gasteiger partial charge in [0.05, 0.1) is 24.0 Å². The lowest BCUT2D eigenvalue weighted by Gasteiger charge is -2.21. The summed E-state index contributed by atoms with van der Waals surface area (Å²) < 4.78 is 37.9. The van der Waals surface area contributed by atoms with E-state index in [-0.39, 0.29) is 35.1 Å². The van der Waals surface area contributed by atoms with Crippen LogP contribution in [0.1, 0.15) is 47.9 Å². The normalized spacial score (nSPS) is 16.3. The molecule has 1 N–H and O–H groups in total. The largest absolute Gasteiger partial charge is 0.368 e. The number of hydrogen-bond acceptors (Lipinski definition) is 7. The summed E-state index contributed by atoms with van der Waals surface area (Å²) in [4.78, 5) is 19.1. The Morgan fingerprint density at radius 2 is 2.03 bits per heavy atom. The maximum Gasteiger partial charge on any atom is 0.258 e. The van der Waals surface area contributed by atoms with Gasteiger partial charge < -0.3 is 14.2 Å². The lowest BCUT2D eigenvalue weighted by Crippen LogP contribution is -2.31. The molecular formula is C24H28N4O5S. The monoisotopic (exact) mass is 484 g/mol. The maximum absolute atomic E-state index is 12.8. The van der Waals surface area contributed by atoms with Crippen LogP contribution >= 0.6 is 0 Å². The van der Waals surface area contributed by atoms with Crippen molar-refractivity contribution in [2.24, 2.45) is 0 Å². The third-order valence-electron chi connectivity index (χ3n) is 6.08. The minimum Gasteiger partial charge on any atom is -0.368 e. The quantitative estimate of drug-likeness (QED) is 0.522. The molecule has 4 rings (SSSR count). The van der Waals surface area contributed by atoms with E-state index in [1.54, 1.807) is 18.0 Å². The van der Waals surface area contributed by atoms with Gasteiger partial charge in [0.2, 0.25) is 15.9 Å². The molecule has 0 saturated carbocycles. The van der Waals surface area contributed by atoms with E-state index in [0.29, 0.717) is 24.5 Å². The highest BCUT2D eigenvalue weighted by Gasteiger charge is 2.27. The topological polar surface area (TPSA) is 115 Å². The Bertz CT molecular complexity index is 1300. The molecule has 1 aromatic heterocycles. The Kier molecular flexibility index (Phi) is 6.83. The van der Waals surface area contributed by atoms with Gasteiger partial charge in [0.1, 0.15) is 0 Å². The number of carbonyl (C=O) groups is 1. The Morgan fingerprint density at radius 3 is 2.79 bits per heavy atom. The number of likely N-dealkylation sites (N-methyl/N-ethyl adjacent to an activating group) is 1. The van der Waals surface area contributed by atoms with Gasteiger partial charge >= 0.3 is 0 Å². The van der Waals surface area contributed by atoms with E-state index in [4.69, 9.17) is 9.26 Å². The number of ether oxygens (including phenoxy) is 1. The van der Waals surface area contributed by atoms with Crippen molar-refractivity contribution in [3.05, 3.63) is 65.0 Å². The molecule has 0 aliphatic carbocycles. The number of aryl methyl sites for hydroxylation is 1. The van der Waals surface area contributed by atoms with Crippen molar-refractivity contribution in [1.29, 1.82) is 0 Å². The van der Waals surface area contributed by atoms with Crippen LogP contribution in [0.4, 0.5) is 0 Å². The van der Waals surface area contributed by atoms with Crippen LogP contribution in [0.5, 0.6) is 0 Å². The highest BCUT2D eigenvalue weighted by molar-refractivity contribution is 7.89. The maximum atomic E-state index is 12.8. The van der Waals surface area contributed by atoms with Gasteiger partial charge in [-0.15, -0.1) is 0 Å². The number of benzene rings is 2. The smallest absolute Gasteiger partial charge is 0.258 e. The number of rotatable bonds is 8. The molecule has 1 aliphatic heterocycles. The average molecular weight is 485 g/mol. The summed E-state index contributed by atoms with van der Waals surface area (Å²) in [6.07, 6.45) is 0.0336. The van der Waals surface area contributed by atoms with Crippen molar-refractivity contribution in [1.82, 2.24) is 19.8 Å². The van der Waals surface area contributed by atoms with Crippen molar-refractivity contribution < 1.29 is 22.5 Å². The molecule has 1 amide bonds. The number of carbonyl (C=O) groups excluding carboxylic acids is 1. The summed E-state index contributed by atoms with van der Waals surface area (Å²) in [7, 11) is -0.499. The summed E-state index contributed by atoms with van der Waals surface area (Å²) in [5.74, 6) is 0.460. The number of sulfonamides is 1.